The van der Waals surface area contributed by atoms with Crippen LogP contribution in [0.2, 0.25) is 0 Å². The molecule has 0 unspecified atom stereocenters. The first-order valence-corrected chi connectivity index (χ1v) is 16.9. The molecule has 4 rings (SSSR count). The third kappa shape index (κ3) is 7.77. The lowest BCUT2D eigenvalue weighted by Gasteiger charge is -2.41. The Morgan fingerprint density at radius 3 is 2.55 bits per heavy atom. The predicted molar refractivity (Wildman–Crippen MR) is 182 cm³/mol. The molecule has 0 spiro atoms. The molecule has 1 aromatic carbocycles. The summed E-state index contributed by atoms with van der Waals surface area (Å²) in [4.78, 5) is 48.6. The van der Waals surface area contributed by atoms with E-state index in [4.69, 9.17) is 29.3 Å². The predicted octanol–water partition coefficient (Wildman–Crippen LogP) is 4.80. The average molecular weight is 642 g/mol. The highest BCUT2D eigenvalue weighted by Crippen LogP contribution is 2.29. The highest BCUT2D eigenvalue weighted by atomic mass is 32.1. The number of nitrogens with one attached hydrogen (secondary N) is 3. The van der Waals surface area contributed by atoms with Crippen LogP contribution in [0.1, 0.15) is 96.6 Å². The number of carbonyl (C=O) groups excluding carboxylic acids is 3. The molecular weight excluding hydrogens is 595 g/mol. The molecule has 3 N–H and O–H groups in total. The minimum Gasteiger partial charge on any atom is -0.417 e. The fourth-order valence-electron chi connectivity index (χ4n) is 6.21. The molecule has 2 aliphatic rings. The molecule has 0 radical (unpaired) electrons. The lowest BCUT2D eigenvalue weighted by Crippen LogP contribution is -2.62. The molecule has 2 saturated heterocycles. The Kier molecular flexibility index (Phi) is 12.1. The number of piperidine rings is 1. The molecule has 2 fully saturated rings. The van der Waals surface area contributed by atoms with E-state index in [0.29, 0.717) is 35.8 Å². The molecule has 2 amide bonds. The highest BCUT2D eigenvalue weighted by Gasteiger charge is 2.39. The SMILES string of the molecule is CCC(=O)CCCCC[C@@H]1NC(=S)[C@H]2CCCCN2C(=O)[C@H]([C@@H](C)CC)NC(=S)[C@H](c2cn(OC)c3ccccc23)NC1=O. The van der Waals surface area contributed by atoms with E-state index in [9.17, 15) is 14.4 Å². The summed E-state index contributed by atoms with van der Waals surface area (Å²) in [6, 6.07) is 5.62. The summed E-state index contributed by atoms with van der Waals surface area (Å²) in [6.07, 6.45) is 9.26. The highest BCUT2D eigenvalue weighted by molar-refractivity contribution is 7.80. The molecule has 5 atom stereocenters. The maximum Gasteiger partial charge on any atom is 0.245 e. The molecule has 0 saturated carbocycles. The van der Waals surface area contributed by atoms with Crippen LogP contribution >= 0.6 is 24.4 Å². The van der Waals surface area contributed by atoms with E-state index in [1.54, 1.807) is 11.8 Å². The van der Waals surface area contributed by atoms with Gasteiger partial charge in [-0.15, -0.1) is 0 Å². The van der Waals surface area contributed by atoms with Crippen molar-refractivity contribution in [3.05, 3.63) is 36.0 Å². The van der Waals surface area contributed by atoms with Gasteiger partial charge in [-0.05, 0) is 44.1 Å². The summed E-state index contributed by atoms with van der Waals surface area (Å²) in [5.41, 5.74) is 1.62. The number of ketones is 1. The third-order valence-electron chi connectivity index (χ3n) is 9.11. The van der Waals surface area contributed by atoms with E-state index in [-0.39, 0.29) is 29.6 Å². The summed E-state index contributed by atoms with van der Waals surface area (Å²) in [7, 11) is 1.59. The second kappa shape index (κ2) is 15.8. The van der Waals surface area contributed by atoms with Crippen molar-refractivity contribution in [2.24, 2.45) is 5.92 Å². The van der Waals surface area contributed by atoms with Gasteiger partial charge in [-0.2, -0.15) is 4.73 Å². The zero-order valence-corrected chi connectivity index (χ0v) is 28.0. The zero-order chi connectivity index (χ0) is 31.8. The van der Waals surface area contributed by atoms with Crippen molar-refractivity contribution >= 4 is 62.9 Å². The van der Waals surface area contributed by atoms with Crippen molar-refractivity contribution in [3.8, 4) is 0 Å². The first kappa shape index (κ1) is 33.8. The number of thiocarbonyl (C=S) groups is 2. The van der Waals surface area contributed by atoms with Crippen LogP contribution in [0, 0.1) is 5.92 Å². The van der Waals surface area contributed by atoms with E-state index in [1.165, 1.54) is 0 Å². The van der Waals surface area contributed by atoms with Crippen LogP contribution in [-0.2, 0) is 14.4 Å². The van der Waals surface area contributed by atoms with Crippen LogP contribution in [-0.4, -0.2) is 69.0 Å². The Labute approximate surface area is 271 Å². The number of hydrogen-bond donors (Lipinski definition) is 3. The molecule has 0 aliphatic carbocycles. The van der Waals surface area contributed by atoms with Crippen molar-refractivity contribution in [1.29, 1.82) is 0 Å². The maximum absolute atomic E-state index is 14.2. The second-order valence-corrected chi connectivity index (χ2v) is 12.9. The van der Waals surface area contributed by atoms with E-state index in [1.807, 2.05) is 49.2 Å². The van der Waals surface area contributed by atoms with Crippen LogP contribution in [0.15, 0.2) is 30.5 Å². The minimum atomic E-state index is -0.713. The lowest BCUT2D eigenvalue weighted by molar-refractivity contribution is -0.136. The van der Waals surface area contributed by atoms with Gasteiger partial charge in [0.15, 0.2) is 0 Å². The summed E-state index contributed by atoms with van der Waals surface area (Å²) < 4.78 is 1.66. The van der Waals surface area contributed by atoms with E-state index >= 15 is 0 Å². The smallest absolute Gasteiger partial charge is 0.245 e. The summed E-state index contributed by atoms with van der Waals surface area (Å²) in [5, 5.41) is 10.9. The van der Waals surface area contributed by atoms with Gasteiger partial charge < -0.3 is 25.7 Å². The Morgan fingerprint density at radius 1 is 1.05 bits per heavy atom. The van der Waals surface area contributed by atoms with Crippen LogP contribution in [0.25, 0.3) is 10.9 Å². The van der Waals surface area contributed by atoms with Crippen LogP contribution in [0.3, 0.4) is 0 Å². The molecule has 11 heteroatoms. The van der Waals surface area contributed by atoms with Gasteiger partial charge in [0.25, 0.3) is 0 Å². The minimum absolute atomic E-state index is 0.00324. The number of para-hydroxylation sites is 1. The van der Waals surface area contributed by atoms with Crippen LogP contribution in [0.5, 0.6) is 0 Å². The number of hydrogen-bond acceptors (Lipinski definition) is 6. The van der Waals surface area contributed by atoms with Crippen molar-refractivity contribution in [2.45, 2.75) is 109 Å². The number of Topliss-reactive ketones (excluding diaryl/α,β-unsaturated/α-hetero) is 1. The van der Waals surface area contributed by atoms with Gasteiger partial charge in [0, 0.05) is 30.3 Å². The Morgan fingerprint density at radius 2 is 1.82 bits per heavy atom. The molecular formula is C33H47N5O4S2. The summed E-state index contributed by atoms with van der Waals surface area (Å²) in [5.74, 6) is 0.0220. The molecule has 2 aromatic rings. The number of carbonyl (C=O) groups is 3. The van der Waals surface area contributed by atoms with Gasteiger partial charge in [-0.1, -0.05) is 82.7 Å². The number of benzene rings is 1. The molecule has 1 aromatic heterocycles. The molecule has 0 bridgehead atoms. The lowest BCUT2D eigenvalue weighted by atomic mass is 9.93. The van der Waals surface area contributed by atoms with Crippen molar-refractivity contribution in [2.75, 3.05) is 13.7 Å². The fourth-order valence-corrected chi connectivity index (χ4v) is 6.91. The normalized spacial score (nSPS) is 24.0. The van der Waals surface area contributed by atoms with Gasteiger partial charge >= 0.3 is 0 Å². The molecule has 9 nitrogen and oxygen atoms in total. The van der Waals surface area contributed by atoms with Crippen molar-refractivity contribution in [3.63, 3.8) is 0 Å². The van der Waals surface area contributed by atoms with E-state index in [0.717, 1.165) is 61.4 Å². The third-order valence-corrected chi connectivity index (χ3v) is 9.85. The van der Waals surface area contributed by atoms with Crippen molar-refractivity contribution in [1.82, 2.24) is 25.6 Å². The number of fused-ring (bicyclic) bond motifs is 2. The quantitative estimate of drug-likeness (QED) is 0.238. The topological polar surface area (TPSA) is 105 Å². The maximum atomic E-state index is 14.2. The van der Waals surface area contributed by atoms with Crippen LogP contribution in [0.4, 0.5) is 0 Å². The van der Waals surface area contributed by atoms with Crippen LogP contribution < -0.4 is 20.8 Å². The molecule has 2 aliphatic heterocycles. The largest absolute Gasteiger partial charge is 0.417 e. The zero-order valence-electron chi connectivity index (χ0n) is 26.4. The Balaban J connectivity index is 1.72. The first-order chi connectivity index (χ1) is 21.2. The summed E-state index contributed by atoms with van der Waals surface area (Å²) >= 11 is 12.0. The number of nitrogens with zero attached hydrogens (tertiary/aromatic N) is 2. The number of aromatic nitrogens is 1. The van der Waals surface area contributed by atoms with Gasteiger partial charge in [-0.3, -0.25) is 14.4 Å². The Hall–Kier alpha value is -3.05. The fraction of sp³-hybridized carbons (Fsp3) is 0.606. The number of unbranched alkanes of at least 4 members (excludes halogenated alkanes) is 2. The van der Waals surface area contributed by atoms with Gasteiger partial charge in [0.1, 0.15) is 36.0 Å². The van der Waals surface area contributed by atoms with E-state index < -0.39 is 18.1 Å². The van der Waals surface area contributed by atoms with E-state index in [2.05, 4.69) is 22.9 Å². The Bertz CT molecular complexity index is 1360. The average Bonchev–Trinajstić information content (AvgIpc) is 3.42. The second-order valence-electron chi connectivity index (χ2n) is 12.0. The monoisotopic (exact) mass is 641 g/mol. The number of rotatable bonds is 11. The van der Waals surface area contributed by atoms with Crippen molar-refractivity contribution < 1.29 is 19.2 Å². The molecule has 240 valence electrons. The number of amides is 2. The van der Waals surface area contributed by atoms with Gasteiger partial charge in [-0.25, -0.2) is 0 Å². The molecule has 3 heterocycles. The van der Waals surface area contributed by atoms with Gasteiger partial charge in [0.2, 0.25) is 11.8 Å². The molecule has 44 heavy (non-hydrogen) atoms. The summed E-state index contributed by atoms with van der Waals surface area (Å²) in [6.45, 7) is 6.60. The first-order valence-electron chi connectivity index (χ1n) is 16.1. The van der Waals surface area contributed by atoms with Gasteiger partial charge in [0.05, 0.1) is 22.7 Å². The standard InChI is InChI=1S/C33H47N5O4S2/c1-5-21(3)28-33(41)37-19-13-12-18-27(37)31(43)34-25(16-9-7-8-14-22(39)6-2)30(40)35-29(32(44)36-28)24-20-38(42-4)26-17-11-10-15-23(24)26/h10-11,15,17,20-21,25,27-29H,5-9,12-14,16,18-19H2,1-4H3,(H,34,43)(H,35,40)(H,36,44)/t21-,25-,27+,28-,29-/m0/s1.